The Balaban J connectivity index is 1.43. The zero-order valence-electron chi connectivity index (χ0n) is 14.9. The topological polar surface area (TPSA) is 70.6 Å². The van der Waals surface area contributed by atoms with Crippen molar-refractivity contribution in [3.8, 4) is 17.2 Å². The van der Waals surface area contributed by atoms with E-state index in [9.17, 15) is 9.90 Å². The van der Waals surface area contributed by atoms with Gasteiger partial charge >= 0.3 is 6.03 Å². The second-order valence-electron chi connectivity index (χ2n) is 6.23. The van der Waals surface area contributed by atoms with E-state index >= 15 is 0 Å². The van der Waals surface area contributed by atoms with Gasteiger partial charge in [-0.3, -0.25) is 0 Å². The Bertz CT molecular complexity index is 1110. The maximum atomic E-state index is 12.4. The number of carbonyl (C=O) groups excluding carboxylic acids is 1. The van der Waals surface area contributed by atoms with Gasteiger partial charge in [0.2, 0.25) is 0 Å². The average Bonchev–Trinajstić information content (AvgIpc) is 2.70. The lowest BCUT2D eigenvalue weighted by atomic mass is 10.1. The molecule has 4 rings (SSSR count). The molecule has 0 spiro atoms. The van der Waals surface area contributed by atoms with Crippen molar-refractivity contribution in [3.05, 3.63) is 91.0 Å². The molecular formula is C23H18N2O3. The number of hydrogen-bond donors (Lipinski definition) is 3. The van der Waals surface area contributed by atoms with Gasteiger partial charge in [-0.25, -0.2) is 4.79 Å². The highest BCUT2D eigenvalue weighted by molar-refractivity contribution is 6.06. The van der Waals surface area contributed by atoms with Crippen LogP contribution in [-0.4, -0.2) is 11.1 Å². The van der Waals surface area contributed by atoms with Crippen molar-refractivity contribution in [2.24, 2.45) is 0 Å². The zero-order valence-corrected chi connectivity index (χ0v) is 14.9. The Morgan fingerprint density at radius 2 is 1.50 bits per heavy atom. The van der Waals surface area contributed by atoms with Gasteiger partial charge in [-0.1, -0.05) is 30.3 Å². The molecule has 0 aliphatic carbocycles. The first-order chi connectivity index (χ1) is 13.7. The average molecular weight is 370 g/mol. The Labute approximate surface area is 162 Å². The molecular weight excluding hydrogens is 352 g/mol. The molecule has 0 saturated heterocycles. The van der Waals surface area contributed by atoms with E-state index in [0.717, 1.165) is 16.5 Å². The van der Waals surface area contributed by atoms with Crippen molar-refractivity contribution in [3.63, 3.8) is 0 Å². The number of nitrogens with one attached hydrogen (secondary N) is 2. The third-order valence-corrected chi connectivity index (χ3v) is 4.20. The lowest BCUT2D eigenvalue weighted by molar-refractivity contribution is 0.262. The van der Waals surface area contributed by atoms with Crippen LogP contribution in [0.4, 0.5) is 16.2 Å². The summed E-state index contributed by atoms with van der Waals surface area (Å²) in [6, 6.07) is 26.8. The van der Waals surface area contributed by atoms with Gasteiger partial charge in [-0.15, -0.1) is 0 Å². The summed E-state index contributed by atoms with van der Waals surface area (Å²) in [5.74, 6) is 1.63. The number of urea groups is 1. The minimum absolute atomic E-state index is 0.187. The van der Waals surface area contributed by atoms with Gasteiger partial charge in [0.1, 0.15) is 17.2 Å². The molecule has 4 aromatic rings. The number of rotatable bonds is 4. The van der Waals surface area contributed by atoms with E-state index in [2.05, 4.69) is 10.6 Å². The first kappa shape index (κ1) is 17.4. The first-order valence-corrected chi connectivity index (χ1v) is 8.80. The van der Waals surface area contributed by atoms with Gasteiger partial charge in [-0.2, -0.15) is 0 Å². The molecule has 0 heterocycles. The predicted octanol–water partition coefficient (Wildman–Crippen LogP) is 5.98. The third-order valence-electron chi connectivity index (χ3n) is 4.20. The molecule has 138 valence electrons. The van der Waals surface area contributed by atoms with E-state index in [4.69, 9.17) is 4.74 Å². The molecule has 0 aliphatic heterocycles. The maximum absolute atomic E-state index is 12.4. The second-order valence-corrected chi connectivity index (χ2v) is 6.23. The van der Waals surface area contributed by atoms with Crippen LogP contribution in [0.1, 0.15) is 0 Å². The molecule has 0 bridgehead atoms. The van der Waals surface area contributed by atoms with Gasteiger partial charge in [-0.05, 0) is 66.0 Å². The summed E-state index contributed by atoms with van der Waals surface area (Å²) in [4.78, 5) is 12.4. The summed E-state index contributed by atoms with van der Waals surface area (Å²) in [6.45, 7) is 0. The molecule has 0 aromatic heterocycles. The van der Waals surface area contributed by atoms with Crippen LogP contribution < -0.4 is 15.4 Å². The summed E-state index contributed by atoms with van der Waals surface area (Å²) in [5.41, 5.74) is 1.31. The minimum Gasteiger partial charge on any atom is -0.508 e. The standard InChI is InChI=1S/C23H18N2O3/c26-18-11-14-21-16(15-18)5-4-8-22(21)25-23(27)24-17-9-12-20(13-10-17)28-19-6-2-1-3-7-19/h1-15,26H,(H2,24,25,27). The number of hydrogen-bond acceptors (Lipinski definition) is 3. The van der Waals surface area contributed by atoms with Gasteiger partial charge < -0.3 is 20.5 Å². The maximum Gasteiger partial charge on any atom is 0.323 e. The quantitative estimate of drug-likeness (QED) is 0.414. The van der Waals surface area contributed by atoms with Crippen molar-refractivity contribution < 1.29 is 14.6 Å². The molecule has 5 nitrogen and oxygen atoms in total. The van der Waals surface area contributed by atoms with Gasteiger partial charge in [0.25, 0.3) is 0 Å². The number of carbonyl (C=O) groups is 1. The van der Waals surface area contributed by atoms with Crippen LogP contribution in [0.2, 0.25) is 0 Å². The zero-order chi connectivity index (χ0) is 19.3. The number of amides is 2. The summed E-state index contributed by atoms with van der Waals surface area (Å²) in [7, 11) is 0. The van der Waals surface area contributed by atoms with Crippen molar-refractivity contribution in [2.45, 2.75) is 0 Å². The predicted molar refractivity (Wildman–Crippen MR) is 111 cm³/mol. The Hall–Kier alpha value is -3.99. The van der Waals surface area contributed by atoms with Crippen LogP contribution in [0.3, 0.4) is 0 Å². The van der Waals surface area contributed by atoms with Crippen LogP contribution in [0.15, 0.2) is 91.0 Å². The third kappa shape index (κ3) is 4.04. The number of aromatic hydroxyl groups is 1. The number of phenols is 1. The molecule has 0 aliphatic rings. The Morgan fingerprint density at radius 1 is 0.750 bits per heavy atom. The fraction of sp³-hybridized carbons (Fsp3) is 0. The van der Waals surface area contributed by atoms with Gasteiger partial charge in [0, 0.05) is 11.1 Å². The van der Waals surface area contributed by atoms with Gasteiger partial charge in [0.15, 0.2) is 0 Å². The van der Waals surface area contributed by atoms with Crippen LogP contribution in [0, 0.1) is 0 Å². The van der Waals surface area contributed by atoms with Crippen LogP contribution >= 0.6 is 0 Å². The number of para-hydroxylation sites is 1. The summed E-state index contributed by atoms with van der Waals surface area (Å²) in [6.07, 6.45) is 0. The van der Waals surface area contributed by atoms with Crippen molar-refractivity contribution in [1.82, 2.24) is 0 Å². The fourth-order valence-electron chi connectivity index (χ4n) is 2.90. The van der Waals surface area contributed by atoms with Crippen LogP contribution in [0.25, 0.3) is 10.8 Å². The molecule has 0 atom stereocenters. The van der Waals surface area contributed by atoms with E-state index in [0.29, 0.717) is 17.1 Å². The molecule has 0 unspecified atom stereocenters. The number of anilines is 2. The smallest absolute Gasteiger partial charge is 0.323 e. The highest BCUT2D eigenvalue weighted by Crippen LogP contribution is 2.27. The van der Waals surface area contributed by atoms with E-state index in [1.165, 1.54) is 0 Å². The SMILES string of the molecule is O=C(Nc1ccc(Oc2ccccc2)cc1)Nc1cccc2cc(O)ccc12. The monoisotopic (exact) mass is 370 g/mol. The summed E-state index contributed by atoms with van der Waals surface area (Å²) < 4.78 is 5.74. The normalized spacial score (nSPS) is 10.4. The van der Waals surface area contributed by atoms with Crippen molar-refractivity contribution >= 4 is 28.2 Å². The van der Waals surface area contributed by atoms with E-state index < -0.39 is 0 Å². The summed E-state index contributed by atoms with van der Waals surface area (Å²) >= 11 is 0. The molecule has 5 heteroatoms. The number of phenolic OH excluding ortho intramolecular Hbond substituents is 1. The Morgan fingerprint density at radius 3 is 2.29 bits per heavy atom. The van der Waals surface area contributed by atoms with Gasteiger partial charge in [0.05, 0.1) is 5.69 Å². The lowest BCUT2D eigenvalue weighted by Crippen LogP contribution is -2.19. The number of benzene rings is 4. The molecule has 0 radical (unpaired) electrons. The highest BCUT2D eigenvalue weighted by Gasteiger charge is 2.07. The molecule has 2 amide bonds. The first-order valence-electron chi connectivity index (χ1n) is 8.80. The van der Waals surface area contributed by atoms with Crippen LogP contribution in [0.5, 0.6) is 17.2 Å². The lowest BCUT2D eigenvalue weighted by Gasteiger charge is -2.11. The van der Waals surface area contributed by atoms with E-state index in [1.807, 2.05) is 48.5 Å². The molecule has 0 fully saturated rings. The number of fused-ring (bicyclic) bond motifs is 1. The highest BCUT2D eigenvalue weighted by atomic mass is 16.5. The minimum atomic E-state index is -0.350. The second kappa shape index (κ2) is 7.72. The largest absolute Gasteiger partial charge is 0.508 e. The molecule has 0 saturated carbocycles. The fourth-order valence-corrected chi connectivity index (χ4v) is 2.90. The molecule has 28 heavy (non-hydrogen) atoms. The van der Waals surface area contributed by atoms with Crippen molar-refractivity contribution in [2.75, 3.05) is 10.6 Å². The summed E-state index contributed by atoms with van der Waals surface area (Å²) in [5, 5.41) is 16.9. The van der Waals surface area contributed by atoms with E-state index in [-0.39, 0.29) is 11.8 Å². The van der Waals surface area contributed by atoms with E-state index in [1.54, 1.807) is 42.5 Å². The molecule has 4 aromatic carbocycles. The number of ether oxygens (including phenoxy) is 1. The van der Waals surface area contributed by atoms with Crippen LogP contribution in [-0.2, 0) is 0 Å². The van der Waals surface area contributed by atoms with Crippen molar-refractivity contribution in [1.29, 1.82) is 0 Å². The molecule has 3 N–H and O–H groups in total. The Kier molecular flexibility index (Phi) is 4.80.